The number of ether oxygens (including phenoxy) is 3. The van der Waals surface area contributed by atoms with E-state index in [1.165, 1.54) is 11.1 Å². The van der Waals surface area contributed by atoms with Crippen molar-refractivity contribution in [1.29, 1.82) is 10.5 Å². The first-order valence-electron chi connectivity index (χ1n) is 14.9. The van der Waals surface area contributed by atoms with Gasteiger partial charge in [0.15, 0.2) is 33.8 Å². The van der Waals surface area contributed by atoms with Crippen LogP contribution in [-0.2, 0) is 0 Å². The Kier molecular flexibility index (Phi) is 6.04. The summed E-state index contributed by atoms with van der Waals surface area (Å²) in [5.74, 6) is 2.85. The molecule has 216 valence electrons. The largest absolute Gasteiger partial charge is 0.463 e. The summed E-state index contributed by atoms with van der Waals surface area (Å²) in [6.07, 6.45) is 1.89. The Balaban J connectivity index is 1.33. The Morgan fingerprint density at radius 1 is 0.773 bits per heavy atom. The normalized spacial score (nSPS) is 27.3. The topological polar surface area (TPSA) is 99.3 Å². The van der Waals surface area contributed by atoms with Gasteiger partial charge in [0.2, 0.25) is 5.75 Å². The van der Waals surface area contributed by atoms with E-state index < -0.39 is 5.72 Å². The molecule has 44 heavy (non-hydrogen) atoms. The van der Waals surface area contributed by atoms with Crippen molar-refractivity contribution in [3.63, 3.8) is 0 Å². The van der Waals surface area contributed by atoms with E-state index in [-0.39, 0.29) is 34.9 Å². The zero-order chi connectivity index (χ0) is 30.0. The van der Waals surface area contributed by atoms with Gasteiger partial charge in [-0.1, -0.05) is 73.7 Å². The van der Waals surface area contributed by atoms with Gasteiger partial charge in [-0.15, -0.1) is 0 Å². The van der Waals surface area contributed by atoms with Gasteiger partial charge >= 0.3 is 0 Å². The molecule has 0 radical (unpaired) electrons. The van der Waals surface area contributed by atoms with Gasteiger partial charge in [-0.25, -0.2) is 0 Å². The van der Waals surface area contributed by atoms with Crippen molar-refractivity contribution in [2.45, 2.75) is 37.5 Å². The van der Waals surface area contributed by atoms with Gasteiger partial charge in [0.05, 0.1) is 17.2 Å². The molecule has 4 aromatic rings. The molecule has 4 aromatic carbocycles. The lowest BCUT2D eigenvalue weighted by atomic mass is 9.58. The number of nitrogens with one attached hydrogen (secondary N) is 2. The summed E-state index contributed by atoms with van der Waals surface area (Å²) in [6.45, 7) is 2.33. The first-order valence-corrected chi connectivity index (χ1v) is 15.3. The Hall–Kier alpha value is -5.05. The van der Waals surface area contributed by atoms with Crippen molar-refractivity contribution < 1.29 is 14.2 Å². The quantitative estimate of drug-likeness (QED) is 0.203. The standard InChI is InChI=1S/C36H28N4O3S/c1-20-14-26-31(21-8-4-2-5-9-21)25-12-13-28-34(42-30-17-24(19-38)23(18-37)16-29(30)41-28)33(25)43-36(26)27(15-20)32(39-35(44)40-36)22-10-6-3-7-11-22/h2-13,16-17,20,26-27,31-32H,14-15H2,1H3,(H2,39,40,44)/t20-,26+,27+,31+,32-,36+/m0/s1. The van der Waals surface area contributed by atoms with Crippen LogP contribution in [0.15, 0.2) is 84.9 Å². The van der Waals surface area contributed by atoms with E-state index in [0.717, 1.165) is 18.4 Å². The molecule has 2 N–H and O–H groups in total. The maximum absolute atomic E-state index is 9.67. The third kappa shape index (κ3) is 3.95. The van der Waals surface area contributed by atoms with Crippen molar-refractivity contribution in [2.24, 2.45) is 17.8 Å². The lowest BCUT2D eigenvalue weighted by molar-refractivity contribution is -0.133. The summed E-state index contributed by atoms with van der Waals surface area (Å²) >= 11 is 5.91. The predicted molar refractivity (Wildman–Crippen MR) is 168 cm³/mol. The minimum Gasteiger partial charge on any atom is -0.463 e. The summed E-state index contributed by atoms with van der Waals surface area (Å²) in [5, 5.41) is 27.1. The fraction of sp³-hybridized carbons (Fsp3) is 0.250. The third-order valence-electron chi connectivity index (χ3n) is 9.60. The first-order chi connectivity index (χ1) is 21.5. The molecule has 7 nitrogen and oxygen atoms in total. The molecule has 3 aliphatic heterocycles. The van der Waals surface area contributed by atoms with Crippen molar-refractivity contribution in [3.8, 4) is 40.9 Å². The van der Waals surface area contributed by atoms with Gasteiger partial charge < -0.3 is 24.8 Å². The molecule has 0 aromatic heterocycles. The van der Waals surface area contributed by atoms with Crippen molar-refractivity contribution in [1.82, 2.24) is 10.6 Å². The number of hydrogen-bond acceptors (Lipinski definition) is 6. The summed E-state index contributed by atoms with van der Waals surface area (Å²) < 4.78 is 20.1. The van der Waals surface area contributed by atoms with E-state index in [1.54, 1.807) is 12.1 Å². The number of thiocarbonyl (C=S) groups is 1. The molecule has 0 bridgehead atoms. The molecule has 4 aliphatic rings. The Bertz CT molecular complexity index is 1900. The SMILES string of the molecule is C[C@H]1C[C@@H]2[C@H](c3ccccc3)c3ccc4c(c3O[C@]23NC(=S)N[C@@H](c2ccccc2)[C@H]3C1)Oc1cc(C#N)c(C#N)cc1O4. The summed E-state index contributed by atoms with van der Waals surface area (Å²) in [6, 6.07) is 32.2. The Morgan fingerprint density at radius 2 is 1.41 bits per heavy atom. The average molecular weight is 597 g/mol. The molecule has 8 heteroatoms. The van der Waals surface area contributed by atoms with Crippen LogP contribution in [0.25, 0.3) is 0 Å². The lowest BCUT2D eigenvalue weighted by Gasteiger charge is -2.60. The number of nitrogens with zero attached hydrogens (tertiary/aromatic N) is 2. The maximum atomic E-state index is 9.67. The van der Waals surface area contributed by atoms with Crippen LogP contribution in [0.2, 0.25) is 0 Å². The van der Waals surface area contributed by atoms with E-state index in [1.807, 2.05) is 18.2 Å². The zero-order valence-electron chi connectivity index (χ0n) is 23.9. The number of fused-ring (bicyclic) bond motifs is 4. The van der Waals surface area contributed by atoms with Gasteiger partial charge in [-0.05, 0) is 48.2 Å². The smallest absolute Gasteiger partial charge is 0.212 e. The molecule has 0 amide bonds. The molecular weight excluding hydrogens is 568 g/mol. The van der Waals surface area contributed by atoms with Gasteiger partial charge in [0, 0.05) is 35.4 Å². The second kappa shape index (κ2) is 10.0. The maximum Gasteiger partial charge on any atom is 0.212 e. The monoisotopic (exact) mass is 596 g/mol. The van der Waals surface area contributed by atoms with Gasteiger partial charge in [-0.3, -0.25) is 0 Å². The van der Waals surface area contributed by atoms with Crippen LogP contribution in [0.3, 0.4) is 0 Å². The van der Waals surface area contributed by atoms with Crippen LogP contribution in [0.4, 0.5) is 0 Å². The molecule has 2 fully saturated rings. The highest BCUT2D eigenvalue weighted by atomic mass is 32.1. The number of rotatable bonds is 2. The van der Waals surface area contributed by atoms with Crippen LogP contribution in [-0.4, -0.2) is 10.8 Å². The minimum atomic E-state index is -0.829. The molecular formula is C36H28N4O3S. The zero-order valence-corrected chi connectivity index (χ0v) is 24.7. The summed E-state index contributed by atoms with van der Waals surface area (Å²) in [7, 11) is 0. The van der Waals surface area contributed by atoms with Gasteiger partial charge in [-0.2, -0.15) is 10.5 Å². The molecule has 8 rings (SSSR count). The van der Waals surface area contributed by atoms with Crippen molar-refractivity contribution >= 4 is 17.3 Å². The summed E-state index contributed by atoms with van der Waals surface area (Å²) in [5.41, 5.74) is 3.00. The van der Waals surface area contributed by atoms with E-state index >= 15 is 0 Å². The second-order valence-corrected chi connectivity index (χ2v) is 12.6. The third-order valence-corrected chi connectivity index (χ3v) is 9.82. The molecule has 3 heterocycles. The fourth-order valence-electron chi connectivity index (χ4n) is 7.83. The first kappa shape index (κ1) is 26.6. The van der Waals surface area contributed by atoms with Crippen molar-refractivity contribution in [2.75, 3.05) is 0 Å². The number of hydrogen-bond donors (Lipinski definition) is 2. The second-order valence-electron chi connectivity index (χ2n) is 12.1. The molecule has 1 saturated carbocycles. The molecule has 1 spiro atoms. The molecule has 0 unspecified atom stereocenters. The number of benzene rings is 4. The van der Waals surface area contributed by atoms with E-state index in [2.05, 4.69) is 84.3 Å². The highest BCUT2D eigenvalue weighted by Crippen LogP contribution is 2.63. The molecule has 1 saturated heterocycles. The average Bonchev–Trinajstić information content (AvgIpc) is 3.05. The van der Waals surface area contributed by atoms with Crippen LogP contribution in [0.1, 0.15) is 59.5 Å². The van der Waals surface area contributed by atoms with E-state index in [0.29, 0.717) is 39.8 Å². The molecule has 6 atom stereocenters. The summed E-state index contributed by atoms with van der Waals surface area (Å²) in [4.78, 5) is 0. The van der Waals surface area contributed by atoms with Gasteiger partial charge in [0.25, 0.3) is 0 Å². The minimum absolute atomic E-state index is 0.0130. The van der Waals surface area contributed by atoms with Gasteiger partial charge in [0.1, 0.15) is 12.1 Å². The Morgan fingerprint density at radius 3 is 2.09 bits per heavy atom. The Labute approximate surface area is 261 Å². The van der Waals surface area contributed by atoms with E-state index in [4.69, 9.17) is 26.4 Å². The van der Waals surface area contributed by atoms with Crippen LogP contribution in [0, 0.1) is 40.4 Å². The number of nitriles is 2. The van der Waals surface area contributed by atoms with E-state index in [9.17, 15) is 10.5 Å². The lowest BCUT2D eigenvalue weighted by Crippen LogP contribution is -2.74. The van der Waals surface area contributed by atoms with Crippen LogP contribution < -0.4 is 24.8 Å². The van der Waals surface area contributed by atoms with Crippen LogP contribution >= 0.6 is 12.2 Å². The van der Waals surface area contributed by atoms with Crippen LogP contribution in [0.5, 0.6) is 28.7 Å². The predicted octanol–water partition coefficient (Wildman–Crippen LogP) is 7.43. The highest BCUT2D eigenvalue weighted by Gasteiger charge is 2.62. The highest BCUT2D eigenvalue weighted by molar-refractivity contribution is 7.80. The van der Waals surface area contributed by atoms with Crippen molar-refractivity contribution in [3.05, 3.63) is 113 Å². The molecule has 1 aliphatic carbocycles. The fourth-order valence-corrected chi connectivity index (χ4v) is 8.11.